The van der Waals surface area contributed by atoms with Gasteiger partial charge in [0.05, 0.1) is 16.9 Å². The zero-order valence-corrected chi connectivity index (χ0v) is 16.3. The second-order valence-electron chi connectivity index (χ2n) is 4.61. The van der Waals surface area contributed by atoms with Crippen LogP contribution in [0.2, 0.25) is 0 Å². The Hall–Kier alpha value is -1.40. The molecule has 1 aromatic carbocycles. The van der Waals surface area contributed by atoms with Crippen molar-refractivity contribution in [3.05, 3.63) is 35.4 Å². The molecule has 0 unspecified atom stereocenters. The Morgan fingerprint density at radius 1 is 0.875 bits per heavy atom. The molecule has 7 heteroatoms. The van der Waals surface area contributed by atoms with Crippen LogP contribution < -0.4 is 0 Å². The van der Waals surface area contributed by atoms with Gasteiger partial charge in [-0.05, 0) is 25.0 Å². The number of benzene rings is 1. The summed E-state index contributed by atoms with van der Waals surface area (Å²) >= 11 is 0. The van der Waals surface area contributed by atoms with Crippen LogP contribution in [-0.2, 0) is 9.05 Å². The summed E-state index contributed by atoms with van der Waals surface area (Å²) < 4.78 is 21.5. The van der Waals surface area contributed by atoms with Gasteiger partial charge < -0.3 is 0 Å². The van der Waals surface area contributed by atoms with E-state index in [0.29, 0.717) is 36.9 Å². The lowest BCUT2D eigenvalue weighted by molar-refractivity contribution is 0.0651. The largest absolute Gasteiger partial charge is 0.274 e. The van der Waals surface area contributed by atoms with E-state index in [9.17, 15) is 18.0 Å². The quantitative estimate of drug-likeness (QED) is 0.426. The Balaban J connectivity index is 0.00000123. The van der Waals surface area contributed by atoms with Crippen molar-refractivity contribution in [1.29, 1.82) is 0 Å². The predicted octanol–water partition coefficient (Wildman–Crippen LogP) is 4.07. The molecule has 24 heavy (non-hydrogen) atoms. The number of hydrogen-bond donors (Lipinski definition) is 0. The van der Waals surface area contributed by atoms with Crippen LogP contribution >= 0.6 is 10.7 Å². The van der Waals surface area contributed by atoms with Gasteiger partial charge in [-0.1, -0.05) is 46.2 Å². The number of nitrogens with zero attached hydrogens (tertiary/aromatic N) is 1. The molecule has 0 bridgehead atoms. The standard InChI is InChI=1S/C13H14ClNO4S.2C2H6/c14-20(18,19)9-5-1-4-8-15-12(16)10-6-2-3-7-11(10)13(15)17;2*1-2/h2-3,6-7H,1,4-5,8-9H2;2*1-2H3. The first-order chi connectivity index (χ1) is 11.4. The van der Waals surface area contributed by atoms with E-state index in [4.69, 9.17) is 10.7 Å². The number of carbonyl (C=O) groups excluding carboxylic acids is 2. The van der Waals surface area contributed by atoms with Gasteiger partial charge in [-0.25, -0.2) is 8.42 Å². The van der Waals surface area contributed by atoms with Crippen LogP contribution in [0.5, 0.6) is 0 Å². The second-order valence-corrected chi connectivity index (χ2v) is 7.51. The first-order valence-electron chi connectivity index (χ1n) is 8.28. The van der Waals surface area contributed by atoms with Crippen molar-refractivity contribution in [2.75, 3.05) is 12.3 Å². The predicted molar refractivity (Wildman–Crippen MR) is 98.0 cm³/mol. The Morgan fingerprint density at radius 2 is 1.33 bits per heavy atom. The van der Waals surface area contributed by atoms with E-state index in [-0.39, 0.29) is 17.6 Å². The normalized spacial score (nSPS) is 12.8. The molecule has 1 aliphatic heterocycles. The SMILES string of the molecule is CC.CC.O=C1c2ccccc2C(=O)N1CCCCCS(=O)(=O)Cl. The molecule has 0 fully saturated rings. The molecule has 0 atom stereocenters. The minimum absolute atomic E-state index is 0.0866. The molecule has 2 amide bonds. The van der Waals surface area contributed by atoms with Crippen LogP contribution in [0.3, 0.4) is 0 Å². The van der Waals surface area contributed by atoms with Crippen molar-refractivity contribution in [3.63, 3.8) is 0 Å². The van der Waals surface area contributed by atoms with Gasteiger partial charge in [0.2, 0.25) is 9.05 Å². The number of halogens is 1. The van der Waals surface area contributed by atoms with Crippen molar-refractivity contribution in [2.45, 2.75) is 47.0 Å². The zero-order chi connectivity index (χ0) is 18.8. The molecule has 136 valence electrons. The fourth-order valence-corrected chi connectivity index (χ4v) is 3.04. The van der Waals surface area contributed by atoms with E-state index in [0.717, 1.165) is 0 Å². The van der Waals surface area contributed by atoms with Crippen molar-refractivity contribution in [2.24, 2.45) is 0 Å². The molecule has 0 saturated heterocycles. The highest BCUT2D eigenvalue weighted by molar-refractivity contribution is 8.13. The average molecular weight is 376 g/mol. The Morgan fingerprint density at radius 3 is 1.75 bits per heavy atom. The number of imide groups is 1. The van der Waals surface area contributed by atoms with Gasteiger partial charge in [-0.2, -0.15) is 0 Å². The van der Waals surface area contributed by atoms with Crippen LogP contribution in [0.1, 0.15) is 67.7 Å². The molecular formula is C17H26ClNO4S. The molecule has 1 aliphatic rings. The van der Waals surface area contributed by atoms with Crippen molar-refractivity contribution in [3.8, 4) is 0 Å². The maximum atomic E-state index is 12.0. The number of fused-ring (bicyclic) bond motifs is 1. The molecule has 0 saturated carbocycles. The van der Waals surface area contributed by atoms with E-state index in [1.807, 2.05) is 27.7 Å². The summed E-state index contributed by atoms with van der Waals surface area (Å²) in [6, 6.07) is 6.71. The van der Waals surface area contributed by atoms with E-state index in [1.54, 1.807) is 24.3 Å². The molecule has 0 radical (unpaired) electrons. The molecule has 0 spiro atoms. The van der Waals surface area contributed by atoms with E-state index in [1.165, 1.54) is 4.90 Å². The van der Waals surface area contributed by atoms with E-state index < -0.39 is 9.05 Å². The first kappa shape index (κ1) is 22.6. The summed E-state index contributed by atoms with van der Waals surface area (Å²) in [5, 5.41) is 0. The number of carbonyl (C=O) groups is 2. The van der Waals surface area contributed by atoms with Gasteiger partial charge in [0.25, 0.3) is 11.8 Å². The Bertz CT molecular complexity index is 609. The van der Waals surface area contributed by atoms with Gasteiger partial charge in [0, 0.05) is 17.2 Å². The van der Waals surface area contributed by atoms with Gasteiger partial charge in [0.15, 0.2) is 0 Å². The highest BCUT2D eigenvalue weighted by atomic mass is 35.7. The third-order valence-electron chi connectivity index (χ3n) is 3.15. The maximum Gasteiger partial charge on any atom is 0.261 e. The number of hydrogen-bond acceptors (Lipinski definition) is 4. The van der Waals surface area contributed by atoms with Crippen molar-refractivity contribution >= 4 is 31.5 Å². The minimum Gasteiger partial charge on any atom is -0.274 e. The maximum absolute atomic E-state index is 12.0. The lowest BCUT2D eigenvalue weighted by atomic mass is 10.1. The highest BCUT2D eigenvalue weighted by Crippen LogP contribution is 2.22. The van der Waals surface area contributed by atoms with Crippen LogP contribution in [0, 0.1) is 0 Å². The van der Waals surface area contributed by atoms with Crippen molar-refractivity contribution in [1.82, 2.24) is 4.90 Å². The third-order valence-corrected chi connectivity index (χ3v) is 4.39. The summed E-state index contributed by atoms with van der Waals surface area (Å²) in [6.45, 7) is 8.30. The molecule has 0 N–H and O–H groups in total. The molecular weight excluding hydrogens is 350 g/mol. The summed E-state index contributed by atoms with van der Waals surface area (Å²) in [6.07, 6.45) is 1.59. The van der Waals surface area contributed by atoms with Crippen LogP contribution in [0.4, 0.5) is 0 Å². The molecule has 2 rings (SSSR count). The van der Waals surface area contributed by atoms with Crippen LogP contribution in [-0.4, -0.2) is 37.4 Å². The third kappa shape index (κ3) is 6.61. The Kier molecular flexibility index (Phi) is 10.6. The smallest absolute Gasteiger partial charge is 0.261 e. The number of amides is 2. The molecule has 0 aromatic heterocycles. The monoisotopic (exact) mass is 375 g/mol. The summed E-state index contributed by atoms with van der Waals surface area (Å²) in [4.78, 5) is 25.2. The molecule has 0 aliphatic carbocycles. The lowest BCUT2D eigenvalue weighted by Gasteiger charge is -2.13. The second kappa shape index (κ2) is 11.2. The van der Waals surface area contributed by atoms with Gasteiger partial charge >= 0.3 is 0 Å². The molecule has 1 aromatic rings. The Labute approximate surface area is 149 Å². The number of rotatable bonds is 6. The topological polar surface area (TPSA) is 71.5 Å². The zero-order valence-electron chi connectivity index (χ0n) is 14.7. The molecule has 1 heterocycles. The van der Waals surface area contributed by atoms with Crippen LogP contribution in [0.25, 0.3) is 0 Å². The summed E-state index contributed by atoms with van der Waals surface area (Å²) in [5.74, 6) is -0.650. The van der Waals surface area contributed by atoms with E-state index >= 15 is 0 Å². The average Bonchev–Trinajstić information content (AvgIpc) is 2.82. The first-order valence-corrected chi connectivity index (χ1v) is 10.8. The summed E-state index contributed by atoms with van der Waals surface area (Å²) in [7, 11) is 1.64. The lowest BCUT2D eigenvalue weighted by Crippen LogP contribution is -2.30. The minimum atomic E-state index is -3.46. The summed E-state index contributed by atoms with van der Waals surface area (Å²) in [5.41, 5.74) is 0.863. The van der Waals surface area contributed by atoms with Crippen molar-refractivity contribution < 1.29 is 18.0 Å². The van der Waals surface area contributed by atoms with Gasteiger partial charge in [-0.3, -0.25) is 14.5 Å². The fourth-order valence-electron chi connectivity index (χ4n) is 2.16. The van der Waals surface area contributed by atoms with Crippen LogP contribution in [0.15, 0.2) is 24.3 Å². The van der Waals surface area contributed by atoms with E-state index in [2.05, 4.69) is 0 Å². The molecule has 5 nitrogen and oxygen atoms in total. The number of unbranched alkanes of at least 4 members (excludes halogenated alkanes) is 2. The fraction of sp³-hybridized carbons (Fsp3) is 0.529. The van der Waals surface area contributed by atoms with Gasteiger partial charge in [-0.15, -0.1) is 0 Å². The van der Waals surface area contributed by atoms with Gasteiger partial charge in [0.1, 0.15) is 0 Å². The highest BCUT2D eigenvalue weighted by Gasteiger charge is 2.34.